The normalized spacial score (nSPS) is 16.9. The number of nitro groups is 1. The van der Waals surface area contributed by atoms with Crippen LogP contribution in [0, 0.1) is 10.1 Å². The van der Waals surface area contributed by atoms with E-state index in [9.17, 15) is 20.0 Å². The van der Waals surface area contributed by atoms with Crippen molar-refractivity contribution in [3.8, 4) is 0 Å². The van der Waals surface area contributed by atoms with Crippen molar-refractivity contribution < 1.29 is 14.8 Å². The number of amides is 1. The Labute approximate surface area is 183 Å². The summed E-state index contributed by atoms with van der Waals surface area (Å²) in [7, 11) is 1.62. The average molecular weight is 436 g/mol. The molecule has 1 aliphatic rings. The van der Waals surface area contributed by atoms with Crippen molar-refractivity contribution in [1.29, 1.82) is 0 Å². The fourth-order valence-corrected chi connectivity index (χ4v) is 3.75. The summed E-state index contributed by atoms with van der Waals surface area (Å²) in [6, 6.07) is 18.8. The van der Waals surface area contributed by atoms with E-state index < -0.39 is 23.0 Å². The van der Waals surface area contributed by atoms with Gasteiger partial charge in [-0.1, -0.05) is 41.9 Å². The molecule has 0 aromatic heterocycles. The standard InChI is InChI=1S/C23H18ClN3O4/c1-26-19-12-9-16(24)13-18(19)20(14-5-3-2-4-6-14)25-21(23(26)29)22(28)15-7-10-17(11-8-15)27(30)31/h2-13,21-22,28H,1H3/t21-,22+/m1/s1. The van der Waals surface area contributed by atoms with Crippen LogP contribution in [-0.4, -0.2) is 34.7 Å². The van der Waals surface area contributed by atoms with E-state index in [0.717, 1.165) is 5.56 Å². The molecule has 0 radical (unpaired) electrons. The Hall–Kier alpha value is -3.55. The van der Waals surface area contributed by atoms with Crippen LogP contribution in [0.4, 0.5) is 11.4 Å². The topological polar surface area (TPSA) is 96.0 Å². The van der Waals surface area contributed by atoms with Gasteiger partial charge < -0.3 is 10.0 Å². The van der Waals surface area contributed by atoms with Crippen molar-refractivity contribution in [2.75, 3.05) is 11.9 Å². The fraction of sp³-hybridized carbons (Fsp3) is 0.130. The predicted molar refractivity (Wildman–Crippen MR) is 119 cm³/mol. The molecule has 0 aliphatic carbocycles. The molecular weight excluding hydrogens is 418 g/mol. The van der Waals surface area contributed by atoms with Crippen LogP contribution in [0.25, 0.3) is 0 Å². The van der Waals surface area contributed by atoms with Crippen LogP contribution in [-0.2, 0) is 4.79 Å². The van der Waals surface area contributed by atoms with E-state index in [1.54, 1.807) is 25.2 Å². The molecule has 0 saturated heterocycles. The lowest BCUT2D eigenvalue weighted by Crippen LogP contribution is -2.38. The van der Waals surface area contributed by atoms with E-state index in [1.165, 1.54) is 29.2 Å². The number of nitro benzene ring substituents is 1. The maximum absolute atomic E-state index is 13.3. The number of aliphatic imine (C=N–C) groups is 1. The molecule has 0 spiro atoms. The number of hydrogen-bond donors (Lipinski definition) is 1. The van der Waals surface area contributed by atoms with Gasteiger partial charge in [0.25, 0.3) is 11.6 Å². The van der Waals surface area contributed by atoms with Crippen molar-refractivity contribution in [2.45, 2.75) is 12.1 Å². The molecule has 1 heterocycles. The highest BCUT2D eigenvalue weighted by Gasteiger charge is 2.35. The zero-order valence-corrected chi connectivity index (χ0v) is 17.2. The molecular formula is C23H18ClN3O4. The molecule has 4 rings (SSSR count). The summed E-state index contributed by atoms with van der Waals surface area (Å²) in [6.07, 6.45) is -1.29. The van der Waals surface area contributed by atoms with Gasteiger partial charge in [0.05, 0.1) is 16.3 Å². The van der Waals surface area contributed by atoms with Gasteiger partial charge in [-0.2, -0.15) is 0 Å². The first-order valence-electron chi connectivity index (χ1n) is 9.50. The van der Waals surface area contributed by atoms with Crippen molar-refractivity contribution in [2.24, 2.45) is 4.99 Å². The zero-order valence-electron chi connectivity index (χ0n) is 16.5. The van der Waals surface area contributed by atoms with Crippen LogP contribution < -0.4 is 4.90 Å². The third kappa shape index (κ3) is 3.93. The molecule has 0 fully saturated rings. The molecule has 7 nitrogen and oxygen atoms in total. The van der Waals surface area contributed by atoms with Crippen LogP contribution in [0.3, 0.4) is 0 Å². The fourth-order valence-electron chi connectivity index (χ4n) is 3.58. The first-order valence-corrected chi connectivity index (χ1v) is 9.88. The van der Waals surface area contributed by atoms with Gasteiger partial charge in [0.1, 0.15) is 6.10 Å². The number of aliphatic hydroxyl groups excluding tert-OH is 1. The number of hydrogen-bond acceptors (Lipinski definition) is 5. The summed E-state index contributed by atoms with van der Waals surface area (Å²) in [4.78, 5) is 29.8. The van der Waals surface area contributed by atoms with E-state index in [-0.39, 0.29) is 5.69 Å². The number of carbonyl (C=O) groups is 1. The van der Waals surface area contributed by atoms with Gasteiger partial charge in [-0.25, -0.2) is 0 Å². The highest BCUT2D eigenvalue weighted by Crippen LogP contribution is 2.33. The molecule has 8 heteroatoms. The summed E-state index contributed by atoms with van der Waals surface area (Å²) >= 11 is 6.24. The SMILES string of the molecule is CN1C(=O)[C@@H]([C@@H](O)c2ccc([N+](=O)[O-])cc2)N=C(c2ccccc2)c2cc(Cl)ccc21. The highest BCUT2D eigenvalue weighted by molar-refractivity contribution is 6.32. The Balaban J connectivity index is 1.85. The average Bonchev–Trinajstić information content (AvgIpc) is 2.89. The summed E-state index contributed by atoms with van der Waals surface area (Å²) in [5, 5.41) is 22.5. The van der Waals surface area contributed by atoms with Crippen LogP contribution in [0.15, 0.2) is 77.8 Å². The highest BCUT2D eigenvalue weighted by atomic mass is 35.5. The molecule has 31 heavy (non-hydrogen) atoms. The molecule has 0 unspecified atom stereocenters. The monoisotopic (exact) mass is 435 g/mol. The van der Waals surface area contributed by atoms with Crippen LogP contribution in [0.2, 0.25) is 5.02 Å². The Morgan fingerprint density at radius 1 is 1.10 bits per heavy atom. The number of fused-ring (bicyclic) bond motifs is 1. The quantitative estimate of drug-likeness (QED) is 0.491. The summed E-state index contributed by atoms with van der Waals surface area (Å²) in [6.45, 7) is 0. The largest absolute Gasteiger partial charge is 0.386 e. The second-order valence-corrected chi connectivity index (χ2v) is 7.58. The maximum Gasteiger partial charge on any atom is 0.269 e. The Morgan fingerprint density at radius 3 is 2.42 bits per heavy atom. The minimum atomic E-state index is -1.29. The Bertz CT molecular complexity index is 1180. The van der Waals surface area contributed by atoms with Gasteiger partial charge in [-0.15, -0.1) is 0 Å². The van der Waals surface area contributed by atoms with Crippen molar-refractivity contribution in [1.82, 2.24) is 0 Å². The van der Waals surface area contributed by atoms with Crippen molar-refractivity contribution >= 4 is 34.6 Å². The number of benzene rings is 3. The van der Waals surface area contributed by atoms with Gasteiger partial charge in [0.2, 0.25) is 0 Å². The van der Waals surface area contributed by atoms with Gasteiger partial charge in [-0.3, -0.25) is 19.9 Å². The molecule has 3 aromatic rings. The summed E-state index contributed by atoms with van der Waals surface area (Å²) < 4.78 is 0. The number of halogens is 1. The van der Waals surface area contributed by atoms with E-state index in [2.05, 4.69) is 4.99 Å². The molecule has 3 aromatic carbocycles. The number of rotatable bonds is 4. The van der Waals surface area contributed by atoms with Crippen LogP contribution >= 0.6 is 11.6 Å². The first-order chi connectivity index (χ1) is 14.9. The summed E-state index contributed by atoms with van der Waals surface area (Å²) in [5.41, 5.74) is 2.86. The molecule has 0 bridgehead atoms. The van der Waals surface area contributed by atoms with E-state index in [0.29, 0.717) is 27.5 Å². The van der Waals surface area contributed by atoms with Crippen molar-refractivity contribution in [3.05, 3.63) is 105 Å². The van der Waals surface area contributed by atoms with Crippen molar-refractivity contribution in [3.63, 3.8) is 0 Å². The lowest BCUT2D eigenvalue weighted by atomic mass is 9.99. The molecule has 2 atom stereocenters. The van der Waals surface area contributed by atoms with E-state index in [1.807, 2.05) is 30.3 Å². The Kier molecular flexibility index (Phi) is 5.54. The zero-order chi connectivity index (χ0) is 22.1. The van der Waals surface area contributed by atoms with Gasteiger partial charge in [0, 0.05) is 35.3 Å². The number of anilines is 1. The Morgan fingerprint density at radius 2 is 1.77 bits per heavy atom. The molecule has 1 N–H and O–H groups in total. The van der Waals surface area contributed by atoms with Gasteiger partial charge in [0.15, 0.2) is 6.04 Å². The first kappa shape index (κ1) is 20.7. The minimum absolute atomic E-state index is 0.101. The maximum atomic E-state index is 13.3. The van der Waals surface area contributed by atoms with Crippen LogP contribution in [0.1, 0.15) is 22.8 Å². The lowest BCUT2D eigenvalue weighted by Gasteiger charge is -2.23. The molecule has 1 amide bonds. The minimum Gasteiger partial charge on any atom is -0.386 e. The van der Waals surface area contributed by atoms with E-state index in [4.69, 9.17) is 11.6 Å². The summed E-state index contributed by atoms with van der Waals surface area (Å²) in [5.74, 6) is -0.402. The number of non-ortho nitro benzene ring substituents is 1. The van der Waals surface area contributed by atoms with E-state index >= 15 is 0 Å². The number of nitrogens with zero attached hydrogens (tertiary/aromatic N) is 3. The number of benzodiazepines with no additional fused rings is 1. The predicted octanol–water partition coefficient (Wildman–Crippen LogP) is 4.16. The third-order valence-corrected chi connectivity index (χ3v) is 5.45. The van der Waals surface area contributed by atoms with Gasteiger partial charge >= 0.3 is 0 Å². The second-order valence-electron chi connectivity index (χ2n) is 7.14. The smallest absolute Gasteiger partial charge is 0.269 e. The lowest BCUT2D eigenvalue weighted by molar-refractivity contribution is -0.384. The molecule has 0 saturated carbocycles. The molecule has 1 aliphatic heterocycles. The third-order valence-electron chi connectivity index (χ3n) is 5.22. The second kappa shape index (κ2) is 8.29. The molecule has 156 valence electrons. The van der Waals surface area contributed by atoms with Gasteiger partial charge in [-0.05, 0) is 35.9 Å². The number of carbonyl (C=O) groups excluding carboxylic acids is 1. The number of likely N-dealkylation sites (N-methyl/N-ethyl adjacent to an activating group) is 1. The van der Waals surface area contributed by atoms with Crippen LogP contribution in [0.5, 0.6) is 0 Å². The number of aliphatic hydroxyl groups is 1.